The second-order valence-corrected chi connectivity index (χ2v) is 1.78. The molecule has 0 rings (SSSR count). The van der Waals surface area contributed by atoms with E-state index in [-0.39, 0.29) is 0 Å². The van der Waals surface area contributed by atoms with E-state index in [1.54, 1.807) is 0 Å². The minimum Gasteiger partial charge on any atom is -0.457 e. The molecule has 0 atom stereocenters. The third-order valence-corrected chi connectivity index (χ3v) is 0.793. The van der Waals surface area contributed by atoms with Crippen molar-refractivity contribution in [1.82, 2.24) is 0 Å². The molecule has 0 N–H and O–H groups in total. The molecular weight excluding hydrogens is 177 g/mol. The first-order valence-corrected chi connectivity index (χ1v) is 2.86. The summed E-state index contributed by atoms with van der Waals surface area (Å²) in [5.41, 5.74) is 7.74. The third kappa shape index (κ3) is 6.76. The fourth-order valence-corrected chi connectivity index (χ4v) is 0.352. The molecule has 68 valence electrons. The van der Waals surface area contributed by atoms with Crippen LogP contribution in [0, 0.1) is 0 Å². The van der Waals surface area contributed by atoms with Gasteiger partial charge in [-0.1, -0.05) is 0 Å². The van der Waals surface area contributed by atoms with E-state index in [9.17, 15) is 18.0 Å². The first-order chi connectivity index (χ1) is 5.45. The monoisotopic (exact) mass is 182 g/mol. The highest BCUT2D eigenvalue weighted by Gasteiger charge is 2.27. The Hall–Kier alpha value is -1.36. The van der Waals surface area contributed by atoms with Gasteiger partial charge >= 0.3 is 18.4 Å². The highest BCUT2D eigenvalue weighted by atomic mass is 19.4. The van der Waals surface area contributed by atoms with Gasteiger partial charge in [-0.05, 0) is 0 Å². The fourth-order valence-electron chi connectivity index (χ4n) is 0.352. The van der Waals surface area contributed by atoms with Crippen LogP contribution in [-0.4, -0.2) is 29.8 Å². The van der Waals surface area contributed by atoms with Crippen molar-refractivity contribution in [2.45, 2.75) is 12.6 Å². The molecule has 0 unspecified atom stereocenters. The van der Waals surface area contributed by atoms with Crippen molar-refractivity contribution >= 4 is 12.2 Å². The molecule has 0 aliphatic rings. The molecule has 12 heavy (non-hydrogen) atoms. The van der Waals surface area contributed by atoms with Crippen molar-refractivity contribution < 1.29 is 27.5 Å². The van der Waals surface area contributed by atoms with Crippen LogP contribution in [0.5, 0.6) is 0 Å². The number of carbonyl (C=O) groups excluding carboxylic acids is 1. The van der Waals surface area contributed by atoms with Crippen LogP contribution in [0.3, 0.4) is 0 Å². The summed E-state index contributed by atoms with van der Waals surface area (Å²) in [6, 6.07) is 0. The van der Waals surface area contributed by atoms with E-state index in [2.05, 4.69) is 9.53 Å². The topological polar surface area (TPSA) is 62.7 Å². The van der Waals surface area contributed by atoms with E-state index in [4.69, 9.17) is 5.53 Å². The molecule has 0 radical (unpaired) electrons. The number of nitrogens with zero attached hydrogens (tertiary/aromatic N) is 2. The SMILES string of the molecule is [N-]=[N+]=CC(=O)OCCC(F)(F)F. The number of carbonyl (C=O) groups is 1. The number of hydrogen-bond acceptors (Lipinski definition) is 2. The smallest absolute Gasteiger partial charge is 0.413 e. The van der Waals surface area contributed by atoms with Gasteiger partial charge in [0.25, 0.3) is 0 Å². The molecule has 0 aliphatic heterocycles. The Morgan fingerprint density at radius 2 is 2.17 bits per heavy atom. The first kappa shape index (κ1) is 10.6. The highest BCUT2D eigenvalue weighted by molar-refractivity contribution is 6.20. The van der Waals surface area contributed by atoms with Crippen molar-refractivity contribution in [3.8, 4) is 0 Å². The summed E-state index contributed by atoms with van der Waals surface area (Å²) in [5.74, 6) is -1.11. The quantitative estimate of drug-likeness (QED) is 0.280. The van der Waals surface area contributed by atoms with Crippen LogP contribution < -0.4 is 0 Å². The Bertz CT molecular complexity index is 207. The van der Waals surface area contributed by atoms with Crippen molar-refractivity contribution in [2.75, 3.05) is 6.61 Å². The molecular formula is C5H5F3N2O2. The lowest BCUT2D eigenvalue weighted by Crippen LogP contribution is -2.15. The Morgan fingerprint density at radius 1 is 1.58 bits per heavy atom. The van der Waals surface area contributed by atoms with Gasteiger partial charge in [0, 0.05) is 0 Å². The van der Waals surface area contributed by atoms with Gasteiger partial charge in [0.15, 0.2) is 0 Å². The Morgan fingerprint density at radius 3 is 2.58 bits per heavy atom. The van der Waals surface area contributed by atoms with Crippen LogP contribution >= 0.6 is 0 Å². The number of rotatable bonds is 3. The van der Waals surface area contributed by atoms with E-state index in [0.29, 0.717) is 6.21 Å². The number of ether oxygens (including phenoxy) is 1. The van der Waals surface area contributed by atoms with Gasteiger partial charge in [0.2, 0.25) is 0 Å². The van der Waals surface area contributed by atoms with Crippen molar-refractivity contribution in [1.29, 1.82) is 0 Å². The van der Waals surface area contributed by atoms with Gasteiger partial charge in [0.1, 0.15) is 6.61 Å². The van der Waals surface area contributed by atoms with E-state index in [1.807, 2.05) is 0 Å². The third-order valence-electron chi connectivity index (χ3n) is 0.793. The van der Waals surface area contributed by atoms with Crippen LogP contribution in [0.25, 0.3) is 5.53 Å². The average molecular weight is 182 g/mol. The maximum Gasteiger partial charge on any atom is 0.413 e. The second kappa shape index (κ2) is 4.50. The van der Waals surface area contributed by atoms with E-state index >= 15 is 0 Å². The number of hydrogen-bond donors (Lipinski definition) is 0. The molecule has 0 amide bonds. The van der Waals surface area contributed by atoms with E-state index < -0.39 is 25.2 Å². The standard InChI is InChI=1S/C5H5F3N2O2/c6-5(7,8)1-2-12-4(11)3-10-9/h3H,1-2H2. The molecule has 0 saturated heterocycles. The molecule has 0 aromatic heterocycles. The number of esters is 1. The minimum absolute atomic E-state index is 0.371. The second-order valence-electron chi connectivity index (χ2n) is 1.78. The molecule has 4 nitrogen and oxygen atoms in total. The van der Waals surface area contributed by atoms with E-state index in [1.165, 1.54) is 0 Å². The molecule has 0 heterocycles. The number of alkyl halides is 3. The minimum atomic E-state index is -4.35. The van der Waals surface area contributed by atoms with Gasteiger partial charge in [-0.15, -0.1) is 0 Å². The van der Waals surface area contributed by atoms with Gasteiger partial charge in [-0.25, -0.2) is 4.79 Å². The predicted molar refractivity (Wildman–Crippen MR) is 31.3 cm³/mol. The first-order valence-electron chi connectivity index (χ1n) is 2.86. The van der Waals surface area contributed by atoms with Crippen LogP contribution in [-0.2, 0) is 9.53 Å². The maximum absolute atomic E-state index is 11.4. The summed E-state index contributed by atoms with van der Waals surface area (Å²) < 4.78 is 38.2. The summed E-state index contributed by atoms with van der Waals surface area (Å²) in [6.45, 7) is -0.769. The van der Waals surface area contributed by atoms with Crippen LogP contribution in [0.2, 0.25) is 0 Å². The zero-order valence-corrected chi connectivity index (χ0v) is 5.84. The summed E-state index contributed by atoms with van der Waals surface area (Å²) in [5, 5.41) is 0. The maximum atomic E-state index is 11.4. The Labute approximate surface area is 65.6 Å². The predicted octanol–water partition coefficient (Wildman–Crippen LogP) is 0.783. The molecule has 0 aliphatic carbocycles. The zero-order chi connectivity index (χ0) is 9.61. The highest BCUT2D eigenvalue weighted by Crippen LogP contribution is 2.18. The molecule has 0 aromatic rings. The molecule has 0 spiro atoms. The number of halogens is 3. The van der Waals surface area contributed by atoms with Gasteiger partial charge in [-0.2, -0.15) is 18.0 Å². The molecule has 7 heteroatoms. The van der Waals surface area contributed by atoms with E-state index in [0.717, 1.165) is 0 Å². The van der Waals surface area contributed by atoms with Crippen molar-refractivity contribution in [3.63, 3.8) is 0 Å². The fraction of sp³-hybridized carbons (Fsp3) is 0.600. The van der Waals surface area contributed by atoms with Gasteiger partial charge < -0.3 is 10.3 Å². The largest absolute Gasteiger partial charge is 0.457 e. The lowest BCUT2D eigenvalue weighted by Gasteiger charge is -2.03. The lowest BCUT2D eigenvalue weighted by atomic mass is 10.4. The lowest BCUT2D eigenvalue weighted by molar-refractivity contribution is -0.155. The summed E-state index contributed by atoms with van der Waals surface area (Å²) in [6.07, 6.45) is -5.19. The average Bonchev–Trinajstić information content (AvgIpc) is 1.84. The Balaban J connectivity index is 3.57. The van der Waals surface area contributed by atoms with Crippen LogP contribution in [0.15, 0.2) is 0 Å². The van der Waals surface area contributed by atoms with Crippen molar-refractivity contribution in [3.05, 3.63) is 5.53 Å². The molecule has 0 aromatic carbocycles. The van der Waals surface area contributed by atoms with Crippen LogP contribution in [0.1, 0.15) is 6.42 Å². The summed E-state index contributed by atoms with van der Waals surface area (Å²) >= 11 is 0. The normalized spacial score (nSPS) is 10.2. The van der Waals surface area contributed by atoms with Crippen LogP contribution in [0.4, 0.5) is 13.2 Å². The van der Waals surface area contributed by atoms with Crippen molar-refractivity contribution in [2.24, 2.45) is 0 Å². The summed E-state index contributed by atoms with van der Waals surface area (Å²) in [7, 11) is 0. The molecule has 0 fully saturated rings. The molecule has 0 bridgehead atoms. The van der Waals surface area contributed by atoms with Gasteiger partial charge in [0.05, 0.1) is 6.42 Å². The van der Waals surface area contributed by atoms with Gasteiger partial charge in [-0.3, -0.25) is 0 Å². The Kier molecular flexibility index (Phi) is 3.99. The molecule has 0 saturated carbocycles. The zero-order valence-electron chi connectivity index (χ0n) is 5.84. The summed E-state index contributed by atoms with van der Waals surface area (Å²) in [4.78, 5) is 12.5.